The molecule has 0 heterocycles. The van der Waals surface area contributed by atoms with Crippen LogP contribution in [0.15, 0.2) is 42.5 Å². The van der Waals surface area contributed by atoms with Crippen molar-refractivity contribution >= 4 is 0 Å². The number of ether oxygens (including phenoxy) is 2. The molecule has 112 valence electrons. The molecule has 0 saturated carbocycles. The van der Waals surface area contributed by atoms with Gasteiger partial charge in [0.25, 0.3) is 0 Å². The van der Waals surface area contributed by atoms with Crippen LogP contribution in [-0.2, 0) is 6.42 Å². The molecule has 3 heteroatoms. The van der Waals surface area contributed by atoms with Gasteiger partial charge in [-0.1, -0.05) is 24.3 Å². The maximum atomic E-state index is 5.99. The van der Waals surface area contributed by atoms with Gasteiger partial charge in [-0.2, -0.15) is 0 Å². The molecular formula is C18H23NO2. The third kappa shape index (κ3) is 4.23. The highest BCUT2D eigenvalue weighted by Gasteiger charge is 2.08. The molecule has 1 unspecified atom stereocenters. The van der Waals surface area contributed by atoms with Gasteiger partial charge in [0.1, 0.15) is 11.5 Å². The molecule has 0 aromatic heterocycles. The zero-order valence-electron chi connectivity index (χ0n) is 12.9. The molecule has 0 radical (unpaired) electrons. The molecule has 0 aliphatic carbocycles. The highest BCUT2D eigenvalue weighted by Crippen LogP contribution is 2.25. The molecule has 2 aromatic rings. The minimum absolute atomic E-state index is 0.0263. The van der Waals surface area contributed by atoms with Crippen molar-refractivity contribution in [1.29, 1.82) is 0 Å². The van der Waals surface area contributed by atoms with E-state index in [2.05, 4.69) is 25.1 Å². The van der Waals surface area contributed by atoms with Crippen LogP contribution in [0.3, 0.4) is 0 Å². The molecule has 2 N–H and O–H groups in total. The lowest BCUT2D eigenvalue weighted by atomic mass is 10.1. The zero-order chi connectivity index (χ0) is 15.2. The molecule has 0 aliphatic heterocycles. The van der Waals surface area contributed by atoms with Gasteiger partial charge in [-0.05, 0) is 43.2 Å². The molecule has 0 bridgehead atoms. The summed E-state index contributed by atoms with van der Waals surface area (Å²) < 4.78 is 11.1. The van der Waals surface area contributed by atoms with Crippen LogP contribution in [0.2, 0.25) is 0 Å². The van der Waals surface area contributed by atoms with E-state index in [-0.39, 0.29) is 6.04 Å². The number of rotatable bonds is 6. The van der Waals surface area contributed by atoms with Crippen LogP contribution in [-0.4, -0.2) is 13.7 Å². The summed E-state index contributed by atoms with van der Waals surface area (Å²) in [6.07, 6.45) is 0.857. The Morgan fingerprint density at radius 1 is 1.10 bits per heavy atom. The van der Waals surface area contributed by atoms with Crippen LogP contribution in [0.4, 0.5) is 0 Å². The summed E-state index contributed by atoms with van der Waals surface area (Å²) in [4.78, 5) is 0. The van der Waals surface area contributed by atoms with E-state index in [9.17, 15) is 0 Å². The summed E-state index contributed by atoms with van der Waals surface area (Å²) in [5.41, 5.74) is 9.44. The second-order valence-corrected chi connectivity index (χ2v) is 5.28. The Bertz CT molecular complexity index is 576. The summed E-state index contributed by atoms with van der Waals surface area (Å²) in [5.74, 6) is 1.76. The van der Waals surface area contributed by atoms with Crippen LogP contribution in [0, 0.1) is 6.92 Å². The van der Waals surface area contributed by atoms with Gasteiger partial charge in [-0.3, -0.25) is 0 Å². The predicted octanol–water partition coefficient (Wildman–Crippen LogP) is 3.64. The molecule has 0 spiro atoms. The van der Waals surface area contributed by atoms with Gasteiger partial charge in [0.2, 0.25) is 0 Å². The maximum Gasteiger partial charge on any atom is 0.124 e. The van der Waals surface area contributed by atoms with Crippen LogP contribution < -0.4 is 15.2 Å². The van der Waals surface area contributed by atoms with Crippen molar-refractivity contribution in [3.63, 3.8) is 0 Å². The van der Waals surface area contributed by atoms with Gasteiger partial charge in [0.15, 0.2) is 0 Å². The quantitative estimate of drug-likeness (QED) is 0.881. The Kier molecular flexibility index (Phi) is 5.23. The Morgan fingerprint density at radius 3 is 2.43 bits per heavy atom. The van der Waals surface area contributed by atoms with E-state index in [0.717, 1.165) is 23.5 Å². The molecule has 0 saturated heterocycles. The fraction of sp³-hybridized carbons (Fsp3) is 0.333. The second kappa shape index (κ2) is 7.14. The number of hydrogen-bond donors (Lipinski definition) is 1. The van der Waals surface area contributed by atoms with Crippen molar-refractivity contribution < 1.29 is 9.47 Å². The van der Waals surface area contributed by atoms with E-state index < -0.39 is 0 Å². The lowest BCUT2D eigenvalue weighted by molar-refractivity contribution is 0.317. The molecular weight excluding hydrogens is 262 g/mol. The van der Waals surface area contributed by atoms with E-state index in [4.69, 9.17) is 15.2 Å². The third-order valence-corrected chi connectivity index (χ3v) is 3.47. The van der Waals surface area contributed by atoms with Crippen molar-refractivity contribution in [3.8, 4) is 11.5 Å². The molecule has 21 heavy (non-hydrogen) atoms. The molecule has 0 fully saturated rings. The summed E-state index contributed by atoms with van der Waals surface area (Å²) in [5, 5.41) is 0. The first kappa shape index (κ1) is 15.4. The van der Waals surface area contributed by atoms with Gasteiger partial charge in [-0.15, -0.1) is 0 Å². The number of hydrogen-bond acceptors (Lipinski definition) is 3. The van der Waals surface area contributed by atoms with E-state index in [1.807, 2.05) is 31.2 Å². The molecule has 2 rings (SSSR count). The fourth-order valence-corrected chi connectivity index (χ4v) is 2.21. The highest BCUT2D eigenvalue weighted by molar-refractivity contribution is 5.39. The van der Waals surface area contributed by atoms with Crippen LogP contribution in [0.5, 0.6) is 11.5 Å². The van der Waals surface area contributed by atoms with Gasteiger partial charge in [0, 0.05) is 18.0 Å². The normalized spacial score (nSPS) is 12.0. The number of methoxy groups -OCH3 is 1. The monoisotopic (exact) mass is 285 g/mol. The Labute approximate surface area is 126 Å². The molecule has 1 atom stereocenters. The minimum atomic E-state index is -0.0263. The Hall–Kier alpha value is -2.00. The second-order valence-electron chi connectivity index (χ2n) is 5.28. The Balaban J connectivity index is 1.97. The van der Waals surface area contributed by atoms with Crippen LogP contribution >= 0.6 is 0 Å². The Morgan fingerprint density at radius 2 is 1.81 bits per heavy atom. The first-order valence-corrected chi connectivity index (χ1v) is 7.22. The maximum absolute atomic E-state index is 5.99. The first-order chi connectivity index (χ1) is 10.1. The lowest BCUT2D eigenvalue weighted by Crippen LogP contribution is -2.09. The number of aryl methyl sites for hydroxylation is 1. The molecule has 2 aromatic carbocycles. The summed E-state index contributed by atoms with van der Waals surface area (Å²) in [6, 6.07) is 14.2. The molecule has 3 nitrogen and oxygen atoms in total. The van der Waals surface area contributed by atoms with E-state index in [1.165, 1.54) is 11.1 Å². The fourth-order valence-electron chi connectivity index (χ4n) is 2.21. The van der Waals surface area contributed by atoms with Crippen molar-refractivity contribution in [3.05, 3.63) is 59.2 Å². The van der Waals surface area contributed by atoms with Crippen molar-refractivity contribution in [2.45, 2.75) is 26.3 Å². The third-order valence-electron chi connectivity index (χ3n) is 3.47. The number of nitrogens with two attached hydrogens (primary N) is 1. The molecule has 0 aliphatic rings. The van der Waals surface area contributed by atoms with Crippen molar-refractivity contribution in [2.24, 2.45) is 5.73 Å². The van der Waals surface area contributed by atoms with Crippen molar-refractivity contribution in [2.75, 3.05) is 13.7 Å². The van der Waals surface area contributed by atoms with Crippen LogP contribution in [0.1, 0.15) is 29.7 Å². The standard InChI is InChI=1S/C18H23NO2/c1-13-4-9-17(14(2)19)18(12-13)21-11-10-15-5-7-16(20-3)8-6-15/h4-9,12,14H,10-11,19H2,1-3H3. The summed E-state index contributed by atoms with van der Waals surface area (Å²) in [7, 11) is 1.67. The summed E-state index contributed by atoms with van der Waals surface area (Å²) in [6.45, 7) is 4.66. The van der Waals surface area contributed by atoms with Gasteiger partial charge < -0.3 is 15.2 Å². The zero-order valence-corrected chi connectivity index (χ0v) is 12.9. The first-order valence-electron chi connectivity index (χ1n) is 7.22. The van der Waals surface area contributed by atoms with E-state index >= 15 is 0 Å². The SMILES string of the molecule is COc1ccc(CCOc2cc(C)ccc2C(C)N)cc1. The average Bonchev–Trinajstić information content (AvgIpc) is 2.48. The van der Waals surface area contributed by atoms with E-state index in [1.54, 1.807) is 7.11 Å². The largest absolute Gasteiger partial charge is 0.497 e. The molecule has 0 amide bonds. The lowest BCUT2D eigenvalue weighted by Gasteiger charge is -2.15. The van der Waals surface area contributed by atoms with E-state index in [0.29, 0.717) is 6.61 Å². The van der Waals surface area contributed by atoms with Gasteiger partial charge >= 0.3 is 0 Å². The van der Waals surface area contributed by atoms with Crippen LogP contribution in [0.25, 0.3) is 0 Å². The average molecular weight is 285 g/mol. The van der Waals surface area contributed by atoms with Crippen molar-refractivity contribution in [1.82, 2.24) is 0 Å². The summed E-state index contributed by atoms with van der Waals surface area (Å²) >= 11 is 0. The predicted molar refractivity (Wildman–Crippen MR) is 86.0 cm³/mol. The minimum Gasteiger partial charge on any atom is -0.497 e. The smallest absolute Gasteiger partial charge is 0.124 e. The van der Waals surface area contributed by atoms with Gasteiger partial charge in [0.05, 0.1) is 13.7 Å². The highest BCUT2D eigenvalue weighted by atomic mass is 16.5. The topological polar surface area (TPSA) is 44.5 Å². The number of benzene rings is 2. The van der Waals surface area contributed by atoms with Gasteiger partial charge in [-0.25, -0.2) is 0 Å².